The van der Waals surface area contributed by atoms with Crippen LogP contribution < -0.4 is 5.73 Å². The number of ether oxygens (including phenoxy) is 1. The molecule has 1 aromatic carbocycles. The lowest BCUT2D eigenvalue weighted by Crippen LogP contribution is -2.47. The van der Waals surface area contributed by atoms with Crippen molar-refractivity contribution in [1.29, 1.82) is 0 Å². The van der Waals surface area contributed by atoms with Crippen molar-refractivity contribution in [2.45, 2.75) is 18.4 Å². The fourth-order valence-electron chi connectivity index (χ4n) is 2.34. The number of carbonyl (C=O) groups is 1. The minimum Gasteiger partial charge on any atom is -0.398 e. The summed E-state index contributed by atoms with van der Waals surface area (Å²) in [5.74, 6) is -0.248. The molecule has 1 fully saturated rings. The van der Waals surface area contributed by atoms with Gasteiger partial charge in [-0.15, -0.1) is 0 Å². The van der Waals surface area contributed by atoms with E-state index in [0.29, 0.717) is 37.3 Å². The SMILES string of the molecule is CN(CC1(O)CCOCC1)C(=O)c1cccc(N)c1Cl. The summed E-state index contributed by atoms with van der Waals surface area (Å²) in [5.41, 5.74) is 5.53. The van der Waals surface area contributed by atoms with Crippen molar-refractivity contribution < 1.29 is 14.6 Å². The first-order valence-electron chi connectivity index (χ1n) is 6.52. The van der Waals surface area contributed by atoms with Crippen LogP contribution in [0.2, 0.25) is 5.02 Å². The third kappa shape index (κ3) is 3.23. The third-order valence-corrected chi connectivity index (χ3v) is 3.98. The molecular weight excluding hydrogens is 280 g/mol. The van der Waals surface area contributed by atoms with E-state index in [1.54, 1.807) is 25.2 Å². The van der Waals surface area contributed by atoms with Gasteiger partial charge in [-0.1, -0.05) is 17.7 Å². The molecular formula is C14H19ClN2O3. The minimum atomic E-state index is -0.893. The number of amides is 1. The first-order chi connectivity index (χ1) is 9.43. The topological polar surface area (TPSA) is 75.8 Å². The van der Waals surface area contributed by atoms with Crippen LogP contribution >= 0.6 is 11.6 Å². The summed E-state index contributed by atoms with van der Waals surface area (Å²) in [6, 6.07) is 4.96. The monoisotopic (exact) mass is 298 g/mol. The largest absolute Gasteiger partial charge is 0.398 e. The smallest absolute Gasteiger partial charge is 0.255 e. The first-order valence-corrected chi connectivity index (χ1v) is 6.90. The second kappa shape index (κ2) is 5.99. The number of nitrogen functional groups attached to an aromatic ring is 1. The summed E-state index contributed by atoms with van der Waals surface area (Å²) in [4.78, 5) is 13.9. The molecule has 6 heteroatoms. The summed E-state index contributed by atoms with van der Waals surface area (Å²) in [6.07, 6.45) is 1.05. The lowest BCUT2D eigenvalue weighted by atomic mass is 9.93. The minimum absolute atomic E-state index is 0.248. The number of benzene rings is 1. The lowest BCUT2D eigenvalue weighted by molar-refractivity contribution is -0.0734. The number of nitrogens with zero attached hydrogens (tertiary/aromatic N) is 1. The van der Waals surface area contributed by atoms with E-state index in [0.717, 1.165) is 0 Å². The molecule has 0 aliphatic carbocycles. The maximum atomic E-state index is 12.4. The molecule has 110 valence electrons. The van der Waals surface area contributed by atoms with E-state index in [-0.39, 0.29) is 17.5 Å². The average molecular weight is 299 g/mol. The van der Waals surface area contributed by atoms with E-state index in [9.17, 15) is 9.90 Å². The van der Waals surface area contributed by atoms with Crippen molar-refractivity contribution in [3.63, 3.8) is 0 Å². The average Bonchev–Trinajstić information content (AvgIpc) is 2.41. The van der Waals surface area contributed by atoms with Gasteiger partial charge in [0.05, 0.1) is 21.9 Å². The van der Waals surface area contributed by atoms with E-state index in [1.807, 2.05) is 0 Å². The van der Waals surface area contributed by atoms with Gasteiger partial charge in [-0.05, 0) is 12.1 Å². The van der Waals surface area contributed by atoms with Crippen molar-refractivity contribution >= 4 is 23.2 Å². The van der Waals surface area contributed by atoms with Gasteiger partial charge in [-0.3, -0.25) is 4.79 Å². The Balaban J connectivity index is 2.10. The van der Waals surface area contributed by atoms with Gasteiger partial charge in [-0.25, -0.2) is 0 Å². The number of anilines is 1. The Morgan fingerprint density at radius 1 is 1.50 bits per heavy atom. The van der Waals surface area contributed by atoms with Crippen LogP contribution in [0.1, 0.15) is 23.2 Å². The molecule has 0 aromatic heterocycles. The molecule has 1 heterocycles. The Kier molecular flexibility index (Phi) is 4.52. The summed E-state index contributed by atoms with van der Waals surface area (Å²) in [7, 11) is 1.65. The van der Waals surface area contributed by atoms with Crippen molar-refractivity contribution in [1.82, 2.24) is 4.90 Å². The summed E-state index contributed by atoms with van der Waals surface area (Å²) >= 11 is 6.05. The number of aliphatic hydroxyl groups is 1. The zero-order chi connectivity index (χ0) is 14.8. The Labute approximate surface area is 123 Å². The highest BCUT2D eigenvalue weighted by Crippen LogP contribution is 2.26. The number of hydrogen-bond acceptors (Lipinski definition) is 4. The first kappa shape index (κ1) is 15.1. The van der Waals surface area contributed by atoms with Gasteiger partial charge in [0.15, 0.2) is 0 Å². The molecule has 0 radical (unpaired) electrons. The maximum absolute atomic E-state index is 12.4. The van der Waals surface area contributed by atoms with E-state index >= 15 is 0 Å². The van der Waals surface area contributed by atoms with E-state index in [1.165, 1.54) is 4.90 Å². The molecule has 1 amide bonds. The van der Waals surface area contributed by atoms with Gasteiger partial charge < -0.3 is 20.5 Å². The van der Waals surface area contributed by atoms with Gasteiger partial charge in [0.25, 0.3) is 5.91 Å². The molecule has 0 unspecified atom stereocenters. The van der Waals surface area contributed by atoms with Crippen LogP contribution in [0.25, 0.3) is 0 Å². The number of nitrogens with two attached hydrogens (primary N) is 1. The summed E-state index contributed by atoms with van der Waals surface area (Å²) in [6.45, 7) is 1.27. The van der Waals surface area contributed by atoms with E-state index in [4.69, 9.17) is 22.1 Å². The molecule has 1 aliphatic rings. The van der Waals surface area contributed by atoms with Gasteiger partial charge in [0.1, 0.15) is 0 Å². The van der Waals surface area contributed by atoms with Gasteiger partial charge >= 0.3 is 0 Å². The van der Waals surface area contributed by atoms with Crippen molar-refractivity contribution in [3.8, 4) is 0 Å². The molecule has 20 heavy (non-hydrogen) atoms. The van der Waals surface area contributed by atoms with Gasteiger partial charge in [-0.2, -0.15) is 0 Å². The second-order valence-corrected chi connectivity index (χ2v) is 5.58. The van der Waals surface area contributed by atoms with Crippen LogP contribution in [0.15, 0.2) is 18.2 Å². The second-order valence-electron chi connectivity index (χ2n) is 5.21. The molecule has 0 atom stereocenters. The zero-order valence-corrected chi connectivity index (χ0v) is 12.2. The Bertz CT molecular complexity index is 501. The molecule has 1 aromatic rings. The number of halogens is 1. The molecule has 1 saturated heterocycles. The fraction of sp³-hybridized carbons (Fsp3) is 0.500. The van der Waals surface area contributed by atoms with Crippen molar-refractivity contribution in [3.05, 3.63) is 28.8 Å². The quantitative estimate of drug-likeness (QED) is 0.830. The number of likely N-dealkylation sites (N-methyl/N-ethyl adjacent to an activating group) is 1. The van der Waals surface area contributed by atoms with Gasteiger partial charge in [0, 0.05) is 39.6 Å². The fourth-order valence-corrected chi connectivity index (χ4v) is 2.55. The highest BCUT2D eigenvalue weighted by atomic mass is 35.5. The molecule has 1 aliphatic heterocycles. The highest BCUT2D eigenvalue weighted by molar-refractivity contribution is 6.36. The summed E-state index contributed by atoms with van der Waals surface area (Å²) in [5, 5.41) is 10.7. The van der Waals surface area contributed by atoms with Crippen LogP contribution in [0.4, 0.5) is 5.69 Å². The Morgan fingerprint density at radius 2 is 2.15 bits per heavy atom. The van der Waals surface area contributed by atoms with Crippen LogP contribution in [0.5, 0.6) is 0 Å². The van der Waals surface area contributed by atoms with Crippen LogP contribution in [0.3, 0.4) is 0 Å². The standard InChI is InChI=1S/C14H19ClN2O3/c1-17(9-14(19)5-7-20-8-6-14)13(18)10-3-2-4-11(16)12(10)15/h2-4,19H,5-9,16H2,1H3. The summed E-state index contributed by atoms with van der Waals surface area (Å²) < 4.78 is 5.23. The maximum Gasteiger partial charge on any atom is 0.255 e. The molecule has 0 saturated carbocycles. The Morgan fingerprint density at radius 3 is 2.80 bits per heavy atom. The molecule has 0 bridgehead atoms. The van der Waals surface area contributed by atoms with Gasteiger partial charge in [0.2, 0.25) is 0 Å². The zero-order valence-electron chi connectivity index (χ0n) is 11.4. The van der Waals surface area contributed by atoms with E-state index in [2.05, 4.69) is 0 Å². The lowest BCUT2D eigenvalue weighted by Gasteiger charge is -2.35. The predicted molar refractivity (Wildman–Crippen MR) is 77.8 cm³/mol. The van der Waals surface area contributed by atoms with E-state index < -0.39 is 5.60 Å². The third-order valence-electron chi connectivity index (χ3n) is 3.56. The number of hydrogen-bond donors (Lipinski definition) is 2. The number of rotatable bonds is 3. The van der Waals surface area contributed by atoms with Crippen LogP contribution in [0, 0.1) is 0 Å². The molecule has 2 rings (SSSR count). The van der Waals surface area contributed by atoms with Crippen molar-refractivity contribution in [2.24, 2.45) is 0 Å². The predicted octanol–water partition coefficient (Wildman–Crippen LogP) is 1.54. The molecule has 0 spiro atoms. The van der Waals surface area contributed by atoms with Crippen LogP contribution in [-0.2, 0) is 4.74 Å². The normalized spacial score (nSPS) is 17.8. The Hall–Kier alpha value is -1.30. The molecule has 3 N–H and O–H groups in total. The number of carbonyl (C=O) groups excluding carboxylic acids is 1. The van der Waals surface area contributed by atoms with Crippen molar-refractivity contribution in [2.75, 3.05) is 32.5 Å². The highest BCUT2D eigenvalue weighted by Gasteiger charge is 2.32. The molecule has 5 nitrogen and oxygen atoms in total. The van der Waals surface area contributed by atoms with Crippen LogP contribution in [-0.4, -0.2) is 48.3 Å².